The molecule has 120 valence electrons. The van der Waals surface area contributed by atoms with E-state index in [1.165, 1.54) is 0 Å². The molecule has 6 heteroatoms. The third-order valence-electron chi connectivity index (χ3n) is 4.04. The number of nitrogens with zero attached hydrogens (tertiary/aromatic N) is 4. The Hall–Kier alpha value is -2.66. The molecule has 24 heavy (non-hydrogen) atoms. The molecule has 0 saturated carbocycles. The van der Waals surface area contributed by atoms with E-state index >= 15 is 0 Å². The lowest BCUT2D eigenvalue weighted by molar-refractivity contribution is 0.415. The molecule has 0 radical (unpaired) electrons. The number of fused-ring (bicyclic) bond motifs is 1. The topological polar surface area (TPSA) is 52.3 Å². The minimum absolute atomic E-state index is 0.565. The SMILES string of the molecule is COc1ccc(-c2nn3c(c2-c2ccncc2)C=NCC3)cc1Cl. The minimum atomic E-state index is 0.565. The molecule has 0 N–H and O–H groups in total. The number of rotatable bonds is 3. The quantitative estimate of drug-likeness (QED) is 0.731. The molecule has 1 aliphatic heterocycles. The monoisotopic (exact) mass is 338 g/mol. The standard InChI is InChI=1S/C18H15ClN4O/c1-24-16-3-2-13(10-14(16)19)18-17(12-4-6-20-7-5-12)15-11-21-8-9-23(15)22-18/h2-7,10-11H,8-9H2,1H3. The summed E-state index contributed by atoms with van der Waals surface area (Å²) in [5.74, 6) is 0.649. The smallest absolute Gasteiger partial charge is 0.137 e. The lowest BCUT2D eigenvalue weighted by Crippen LogP contribution is -2.12. The summed E-state index contributed by atoms with van der Waals surface area (Å²) in [6.07, 6.45) is 5.45. The summed E-state index contributed by atoms with van der Waals surface area (Å²) >= 11 is 6.31. The van der Waals surface area contributed by atoms with Gasteiger partial charge in [0.15, 0.2) is 0 Å². The van der Waals surface area contributed by atoms with Crippen molar-refractivity contribution in [3.8, 4) is 28.1 Å². The van der Waals surface area contributed by atoms with Gasteiger partial charge in [0.1, 0.15) is 11.4 Å². The molecular weight excluding hydrogens is 324 g/mol. The van der Waals surface area contributed by atoms with Crippen molar-refractivity contribution in [3.05, 3.63) is 53.4 Å². The molecule has 4 rings (SSSR count). The zero-order valence-corrected chi connectivity index (χ0v) is 13.9. The number of methoxy groups -OCH3 is 1. The van der Waals surface area contributed by atoms with Gasteiger partial charge in [-0.2, -0.15) is 5.10 Å². The first kappa shape index (κ1) is 14.9. The molecule has 0 bridgehead atoms. The first-order chi connectivity index (χ1) is 11.8. The van der Waals surface area contributed by atoms with Crippen molar-refractivity contribution in [1.82, 2.24) is 14.8 Å². The summed E-state index contributed by atoms with van der Waals surface area (Å²) in [6, 6.07) is 9.68. The predicted molar refractivity (Wildman–Crippen MR) is 94.9 cm³/mol. The lowest BCUT2D eigenvalue weighted by atomic mass is 9.99. The third kappa shape index (κ3) is 2.47. The third-order valence-corrected chi connectivity index (χ3v) is 4.34. The summed E-state index contributed by atoms with van der Waals surface area (Å²) in [7, 11) is 1.61. The second-order valence-corrected chi connectivity index (χ2v) is 5.86. The first-order valence-corrected chi connectivity index (χ1v) is 8.00. The second-order valence-electron chi connectivity index (χ2n) is 5.45. The molecule has 1 aromatic carbocycles. The number of ether oxygens (including phenoxy) is 1. The molecule has 0 aliphatic carbocycles. The van der Waals surface area contributed by atoms with Gasteiger partial charge in [-0.15, -0.1) is 0 Å². The summed E-state index contributed by atoms with van der Waals surface area (Å²) in [5, 5.41) is 5.36. The summed E-state index contributed by atoms with van der Waals surface area (Å²) in [5.41, 5.74) is 4.94. The van der Waals surface area contributed by atoms with E-state index in [2.05, 4.69) is 9.98 Å². The number of hydrogen-bond acceptors (Lipinski definition) is 4. The molecule has 2 aromatic heterocycles. The first-order valence-electron chi connectivity index (χ1n) is 7.63. The normalized spacial score (nSPS) is 12.9. The van der Waals surface area contributed by atoms with Gasteiger partial charge in [-0.3, -0.25) is 14.7 Å². The molecule has 0 amide bonds. The molecule has 0 atom stereocenters. The number of benzene rings is 1. The van der Waals surface area contributed by atoms with E-state index in [9.17, 15) is 0 Å². The molecule has 5 nitrogen and oxygen atoms in total. The van der Waals surface area contributed by atoms with Crippen LogP contribution in [0.3, 0.4) is 0 Å². The zero-order valence-electron chi connectivity index (χ0n) is 13.1. The van der Waals surface area contributed by atoms with Crippen LogP contribution in [0, 0.1) is 0 Å². The van der Waals surface area contributed by atoms with Crippen molar-refractivity contribution in [2.75, 3.05) is 13.7 Å². The van der Waals surface area contributed by atoms with Crippen LogP contribution >= 0.6 is 11.6 Å². The fourth-order valence-corrected chi connectivity index (χ4v) is 3.16. The number of pyridine rings is 1. The molecule has 0 unspecified atom stereocenters. The molecular formula is C18H15ClN4O. The molecule has 0 saturated heterocycles. The molecule has 3 aromatic rings. The lowest BCUT2D eigenvalue weighted by Gasteiger charge is -2.09. The average Bonchev–Trinajstić information content (AvgIpc) is 3.02. The number of aromatic nitrogens is 3. The van der Waals surface area contributed by atoms with Crippen LogP contribution in [0.15, 0.2) is 47.7 Å². The van der Waals surface area contributed by atoms with Crippen LogP contribution in [0.4, 0.5) is 0 Å². The Bertz CT molecular complexity index is 918. The molecule has 3 heterocycles. The van der Waals surface area contributed by atoms with Gasteiger partial charge in [-0.1, -0.05) is 11.6 Å². The van der Waals surface area contributed by atoms with Crippen LogP contribution in [0.25, 0.3) is 22.4 Å². The van der Waals surface area contributed by atoms with Gasteiger partial charge in [-0.05, 0) is 35.9 Å². The maximum absolute atomic E-state index is 6.31. The summed E-state index contributed by atoms with van der Waals surface area (Å²) < 4.78 is 7.24. The highest BCUT2D eigenvalue weighted by Gasteiger charge is 2.21. The van der Waals surface area contributed by atoms with E-state index < -0.39 is 0 Å². The number of halogens is 1. The Balaban J connectivity index is 1.94. The van der Waals surface area contributed by atoms with Gasteiger partial charge in [-0.25, -0.2) is 0 Å². The van der Waals surface area contributed by atoms with E-state index in [-0.39, 0.29) is 0 Å². The Kier molecular flexibility index (Phi) is 3.78. The molecule has 0 fully saturated rings. The molecule has 0 spiro atoms. The maximum atomic E-state index is 6.31. The highest BCUT2D eigenvalue weighted by atomic mass is 35.5. The molecule has 1 aliphatic rings. The Labute approximate surface area is 144 Å². The van der Waals surface area contributed by atoms with E-state index in [1.54, 1.807) is 19.5 Å². The highest BCUT2D eigenvalue weighted by molar-refractivity contribution is 6.32. The Morgan fingerprint density at radius 1 is 1.12 bits per heavy atom. The van der Waals surface area contributed by atoms with Crippen LogP contribution in [0.5, 0.6) is 5.75 Å². The van der Waals surface area contributed by atoms with Crippen molar-refractivity contribution in [2.24, 2.45) is 4.99 Å². The maximum Gasteiger partial charge on any atom is 0.137 e. The van der Waals surface area contributed by atoms with E-state index in [1.807, 2.05) is 41.2 Å². The fourth-order valence-electron chi connectivity index (χ4n) is 2.90. The van der Waals surface area contributed by atoms with Crippen LogP contribution in [-0.4, -0.2) is 34.6 Å². The van der Waals surface area contributed by atoms with Crippen molar-refractivity contribution in [1.29, 1.82) is 0 Å². The number of hydrogen-bond donors (Lipinski definition) is 0. The minimum Gasteiger partial charge on any atom is -0.495 e. The fraction of sp³-hybridized carbons (Fsp3) is 0.167. The average molecular weight is 339 g/mol. The van der Waals surface area contributed by atoms with E-state index in [0.29, 0.717) is 10.8 Å². The van der Waals surface area contributed by atoms with Gasteiger partial charge < -0.3 is 4.74 Å². The van der Waals surface area contributed by atoms with Gasteiger partial charge >= 0.3 is 0 Å². The summed E-state index contributed by atoms with van der Waals surface area (Å²) in [6.45, 7) is 1.51. The van der Waals surface area contributed by atoms with Gasteiger partial charge in [0, 0.05) is 29.7 Å². The zero-order chi connectivity index (χ0) is 16.5. The van der Waals surface area contributed by atoms with Gasteiger partial charge in [0.2, 0.25) is 0 Å². The van der Waals surface area contributed by atoms with Crippen molar-refractivity contribution >= 4 is 17.8 Å². The predicted octanol–water partition coefficient (Wildman–Crippen LogP) is 3.71. The van der Waals surface area contributed by atoms with E-state index in [4.69, 9.17) is 21.4 Å². The highest BCUT2D eigenvalue weighted by Crippen LogP contribution is 2.37. The van der Waals surface area contributed by atoms with Gasteiger partial charge in [0.05, 0.1) is 30.9 Å². The van der Waals surface area contributed by atoms with Crippen molar-refractivity contribution in [2.45, 2.75) is 6.54 Å². The van der Waals surface area contributed by atoms with Crippen LogP contribution in [0.2, 0.25) is 5.02 Å². The van der Waals surface area contributed by atoms with Gasteiger partial charge in [0.25, 0.3) is 0 Å². The second kappa shape index (κ2) is 6.09. The largest absolute Gasteiger partial charge is 0.495 e. The summed E-state index contributed by atoms with van der Waals surface area (Å²) in [4.78, 5) is 8.52. The van der Waals surface area contributed by atoms with Crippen molar-refractivity contribution in [3.63, 3.8) is 0 Å². The van der Waals surface area contributed by atoms with Crippen LogP contribution < -0.4 is 4.74 Å². The van der Waals surface area contributed by atoms with E-state index in [0.717, 1.165) is 41.2 Å². The van der Waals surface area contributed by atoms with Crippen LogP contribution in [-0.2, 0) is 6.54 Å². The Morgan fingerprint density at radius 3 is 2.71 bits per heavy atom. The van der Waals surface area contributed by atoms with Crippen LogP contribution in [0.1, 0.15) is 5.69 Å². The number of aliphatic imine (C=N–C) groups is 1. The Morgan fingerprint density at radius 2 is 1.96 bits per heavy atom. The van der Waals surface area contributed by atoms with Crippen molar-refractivity contribution < 1.29 is 4.74 Å².